The van der Waals surface area contributed by atoms with E-state index in [1.807, 2.05) is 6.92 Å². The summed E-state index contributed by atoms with van der Waals surface area (Å²) < 4.78 is 18.9. The van der Waals surface area contributed by atoms with Crippen LogP contribution in [-0.2, 0) is 15.1 Å². The molecule has 1 aromatic rings. The molecular weight excluding hydrogens is 367 g/mol. The van der Waals surface area contributed by atoms with E-state index in [1.165, 1.54) is 12.3 Å². The number of amidine groups is 1. The van der Waals surface area contributed by atoms with Crippen LogP contribution in [0.2, 0.25) is 0 Å². The first-order valence-corrected chi connectivity index (χ1v) is 7.61. The highest BCUT2D eigenvalue weighted by atomic mass is 79.9. The van der Waals surface area contributed by atoms with Gasteiger partial charge >= 0.3 is 0 Å². The highest BCUT2D eigenvalue weighted by Crippen LogP contribution is 2.30. The molecule has 124 valence electrons. The topological polar surface area (TPSA) is 94.9 Å². The molecule has 5 N–H and O–H groups in total. The molecule has 0 bridgehead atoms. The third-order valence-electron chi connectivity index (χ3n) is 3.16. The van der Waals surface area contributed by atoms with Crippen molar-refractivity contribution < 1.29 is 14.0 Å². The van der Waals surface area contributed by atoms with Crippen LogP contribution in [0.3, 0.4) is 0 Å². The molecular formula is C15H18BrFN4O2. The molecule has 1 unspecified atom stereocenters. The molecule has 1 atom stereocenters. The zero-order valence-electron chi connectivity index (χ0n) is 12.6. The number of benzene rings is 1. The number of rotatable bonds is 1. The Morgan fingerprint density at radius 3 is 2.70 bits per heavy atom. The molecule has 0 radical (unpaired) electrons. The Kier molecular flexibility index (Phi) is 5.62. The molecule has 2 aliphatic rings. The van der Waals surface area contributed by atoms with Crippen molar-refractivity contribution in [1.82, 2.24) is 5.48 Å². The minimum atomic E-state index is -0.529. The molecule has 0 spiro atoms. The average molecular weight is 385 g/mol. The highest BCUT2D eigenvalue weighted by molar-refractivity contribution is 9.10. The van der Waals surface area contributed by atoms with Gasteiger partial charge in [-0.1, -0.05) is 6.07 Å². The van der Waals surface area contributed by atoms with Crippen LogP contribution >= 0.6 is 15.9 Å². The number of hydrogen-bond donors (Lipinski definition) is 3. The van der Waals surface area contributed by atoms with E-state index in [2.05, 4.69) is 31.2 Å². The number of ether oxygens (including phenoxy) is 1. The van der Waals surface area contributed by atoms with Crippen molar-refractivity contribution in [2.24, 2.45) is 16.5 Å². The van der Waals surface area contributed by atoms with Crippen molar-refractivity contribution in [2.45, 2.75) is 12.5 Å². The van der Waals surface area contributed by atoms with E-state index in [0.717, 1.165) is 5.56 Å². The van der Waals surface area contributed by atoms with E-state index < -0.39 is 5.54 Å². The van der Waals surface area contributed by atoms with Crippen LogP contribution in [0.1, 0.15) is 12.5 Å². The minimum Gasteiger partial charge on any atom is -0.389 e. The summed E-state index contributed by atoms with van der Waals surface area (Å²) in [6, 6.07) is 4.82. The van der Waals surface area contributed by atoms with E-state index in [0.29, 0.717) is 29.3 Å². The van der Waals surface area contributed by atoms with Gasteiger partial charge < -0.3 is 21.0 Å². The predicted octanol–water partition coefficient (Wildman–Crippen LogP) is 2.03. The van der Waals surface area contributed by atoms with Crippen LogP contribution < -0.4 is 16.9 Å². The lowest BCUT2D eigenvalue weighted by molar-refractivity contribution is 0.106. The van der Waals surface area contributed by atoms with Crippen molar-refractivity contribution in [1.29, 1.82) is 0 Å². The van der Waals surface area contributed by atoms with Gasteiger partial charge in [-0.05, 0) is 52.7 Å². The first-order chi connectivity index (χ1) is 10.9. The van der Waals surface area contributed by atoms with Crippen LogP contribution in [0.4, 0.5) is 4.39 Å². The number of nitrogens with two attached hydrogens (primary N) is 2. The molecule has 0 fully saturated rings. The van der Waals surface area contributed by atoms with Crippen molar-refractivity contribution in [3.63, 3.8) is 0 Å². The fraction of sp³-hybridized carbons (Fsp3) is 0.267. The summed E-state index contributed by atoms with van der Waals surface area (Å²) >= 11 is 3.16. The average Bonchev–Trinajstić information content (AvgIpc) is 2.51. The lowest BCUT2D eigenvalue weighted by atomic mass is 9.93. The number of hydroxylamine groups is 1. The molecule has 1 aromatic carbocycles. The van der Waals surface area contributed by atoms with Gasteiger partial charge in [0.2, 0.25) is 0 Å². The molecule has 2 aliphatic heterocycles. The Morgan fingerprint density at radius 1 is 1.39 bits per heavy atom. The molecule has 0 saturated carbocycles. The smallest absolute Gasteiger partial charge is 0.137 e. The predicted molar refractivity (Wildman–Crippen MR) is 89.5 cm³/mol. The molecule has 23 heavy (non-hydrogen) atoms. The van der Waals surface area contributed by atoms with Crippen molar-refractivity contribution in [2.75, 3.05) is 13.2 Å². The summed E-state index contributed by atoms with van der Waals surface area (Å²) in [5.74, 6) is 0.706. The van der Waals surface area contributed by atoms with E-state index in [4.69, 9.17) is 16.2 Å². The number of hydrogen-bond acceptors (Lipinski definition) is 6. The van der Waals surface area contributed by atoms with E-state index >= 15 is 0 Å². The van der Waals surface area contributed by atoms with E-state index in [9.17, 15) is 4.39 Å². The molecule has 3 rings (SSSR count). The second-order valence-corrected chi connectivity index (χ2v) is 6.02. The van der Waals surface area contributed by atoms with Gasteiger partial charge in [0.1, 0.15) is 35.9 Å². The summed E-state index contributed by atoms with van der Waals surface area (Å²) in [5, 5.41) is 0. The van der Waals surface area contributed by atoms with Gasteiger partial charge in [0.05, 0.1) is 11.1 Å². The highest BCUT2D eigenvalue weighted by Gasteiger charge is 2.30. The summed E-state index contributed by atoms with van der Waals surface area (Å²) in [4.78, 5) is 8.94. The summed E-state index contributed by atoms with van der Waals surface area (Å²) in [6.07, 6.45) is 4.94. The maximum absolute atomic E-state index is 13.1. The third kappa shape index (κ3) is 4.70. The number of nitrogens with zero attached hydrogens (tertiary/aromatic N) is 1. The van der Waals surface area contributed by atoms with Crippen molar-refractivity contribution in [3.05, 3.63) is 58.3 Å². The van der Waals surface area contributed by atoms with Crippen LogP contribution in [-0.4, -0.2) is 19.0 Å². The molecule has 0 aromatic heterocycles. The normalized spacial score (nSPS) is 22.7. The van der Waals surface area contributed by atoms with Crippen molar-refractivity contribution >= 4 is 21.8 Å². The summed E-state index contributed by atoms with van der Waals surface area (Å²) in [5.41, 5.74) is 13.6. The minimum absolute atomic E-state index is 0.291. The largest absolute Gasteiger partial charge is 0.389 e. The summed E-state index contributed by atoms with van der Waals surface area (Å²) in [7, 11) is 0. The Balaban J connectivity index is 0.000000229. The zero-order chi connectivity index (χ0) is 16.9. The van der Waals surface area contributed by atoms with Gasteiger partial charge in [0, 0.05) is 0 Å². The Hall–Kier alpha value is -2.06. The monoisotopic (exact) mass is 384 g/mol. The van der Waals surface area contributed by atoms with Gasteiger partial charge in [0.25, 0.3) is 0 Å². The first kappa shape index (κ1) is 17.3. The molecule has 2 heterocycles. The number of nitrogens with one attached hydrogen (secondary N) is 1. The molecule has 0 aliphatic carbocycles. The number of allylic oxidation sites excluding steroid dienone is 2. The second-order valence-electron chi connectivity index (χ2n) is 5.17. The lowest BCUT2D eigenvalue weighted by Crippen LogP contribution is -2.37. The quantitative estimate of drug-likeness (QED) is 0.688. The van der Waals surface area contributed by atoms with Crippen molar-refractivity contribution in [3.8, 4) is 0 Å². The van der Waals surface area contributed by atoms with Gasteiger partial charge in [0.15, 0.2) is 0 Å². The van der Waals surface area contributed by atoms with Gasteiger partial charge in [-0.15, -0.1) is 0 Å². The van der Waals surface area contributed by atoms with Gasteiger partial charge in [-0.3, -0.25) is 4.99 Å². The maximum atomic E-state index is 13.1. The van der Waals surface area contributed by atoms with E-state index in [1.54, 1.807) is 24.3 Å². The fourth-order valence-corrected chi connectivity index (χ4v) is 2.41. The zero-order valence-corrected chi connectivity index (χ0v) is 14.1. The standard InChI is InChI=1S/C11H12BrFN2O.C4H6N2O/c1-11(6-16-5-10(14)15-11)7-2-3-9(13)8(12)4-7;5-4-2-1-3-7-6-4/h2-4H,5-6H2,1H3,(H2,14,15);1-3,6H,5H2. The second kappa shape index (κ2) is 7.47. The number of halogens is 2. The molecule has 6 nitrogen and oxygen atoms in total. The Bertz CT molecular complexity index is 663. The maximum Gasteiger partial charge on any atom is 0.137 e. The summed E-state index contributed by atoms with van der Waals surface area (Å²) in [6.45, 7) is 2.72. The Labute approximate surface area is 142 Å². The lowest BCUT2D eigenvalue weighted by Gasteiger charge is -2.30. The third-order valence-corrected chi connectivity index (χ3v) is 3.77. The van der Waals surface area contributed by atoms with E-state index in [-0.39, 0.29) is 5.82 Å². The van der Waals surface area contributed by atoms with Crippen LogP contribution in [0.25, 0.3) is 0 Å². The van der Waals surface area contributed by atoms with Crippen LogP contribution in [0.5, 0.6) is 0 Å². The van der Waals surface area contributed by atoms with Crippen LogP contribution in [0.15, 0.2) is 51.9 Å². The van der Waals surface area contributed by atoms with Gasteiger partial charge in [-0.2, -0.15) is 0 Å². The molecule has 0 saturated heterocycles. The number of aliphatic imine (C=N–C) groups is 1. The molecule has 0 amide bonds. The first-order valence-electron chi connectivity index (χ1n) is 6.82. The van der Waals surface area contributed by atoms with Crippen LogP contribution in [0, 0.1) is 5.82 Å². The SMILES string of the molecule is CC1(c2ccc(F)c(Br)c2)COCC(N)=N1.NC1=CC=CON1. The molecule has 8 heteroatoms. The fourth-order valence-electron chi connectivity index (χ4n) is 2.03. The Morgan fingerprint density at radius 2 is 2.17 bits per heavy atom. The van der Waals surface area contributed by atoms with Gasteiger partial charge in [-0.25, -0.2) is 9.87 Å².